The van der Waals surface area contributed by atoms with Crippen LogP contribution in [0.2, 0.25) is 0 Å². The molecule has 1 aromatic heterocycles. The summed E-state index contributed by atoms with van der Waals surface area (Å²) in [6, 6.07) is 10.9. The highest BCUT2D eigenvalue weighted by Gasteiger charge is 2.10. The number of aromatic nitrogens is 2. The molecule has 0 fully saturated rings. The summed E-state index contributed by atoms with van der Waals surface area (Å²) in [5.74, 6) is -0.673. The molecule has 0 aliphatic carbocycles. The number of benzene rings is 2. The number of hydrogen-bond donors (Lipinski definition) is 2. The van der Waals surface area contributed by atoms with Gasteiger partial charge in [-0.1, -0.05) is 12.1 Å². The highest BCUT2D eigenvalue weighted by molar-refractivity contribution is 5.97. The van der Waals surface area contributed by atoms with Crippen LogP contribution in [0.15, 0.2) is 52.2 Å². The molecule has 3 aromatic rings. The summed E-state index contributed by atoms with van der Waals surface area (Å²) < 4.78 is 4.45. The standard InChI is InChI=1S/C14H10N4O4/c19-13-4-2-1-3-10(13)14(20)16-15-8-9-5-6-11-12(7-9)18(21)22-17-11/h1-8,19H,(H,16,20)/b15-8+. The summed E-state index contributed by atoms with van der Waals surface area (Å²) >= 11 is 0. The number of nitrogens with zero attached hydrogens (tertiary/aromatic N) is 3. The molecule has 0 aliphatic heterocycles. The first kappa shape index (κ1) is 13.6. The van der Waals surface area contributed by atoms with Gasteiger partial charge in [-0.3, -0.25) is 9.42 Å². The van der Waals surface area contributed by atoms with Gasteiger partial charge in [0.05, 0.1) is 11.8 Å². The Morgan fingerprint density at radius 3 is 3.00 bits per heavy atom. The smallest absolute Gasteiger partial charge is 0.275 e. The first-order valence-electron chi connectivity index (χ1n) is 6.26. The highest BCUT2D eigenvalue weighted by atomic mass is 16.8. The largest absolute Gasteiger partial charge is 0.507 e. The summed E-state index contributed by atoms with van der Waals surface area (Å²) in [6.07, 6.45) is 1.37. The van der Waals surface area contributed by atoms with Crippen molar-refractivity contribution < 1.29 is 19.4 Å². The van der Waals surface area contributed by atoms with Crippen molar-refractivity contribution in [2.24, 2.45) is 5.10 Å². The van der Waals surface area contributed by atoms with E-state index in [4.69, 9.17) is 0 Å². The summed E-state index contributed by atoms with van der Waals surface area (Å²) in [5.41, 5.74) is 3.67. The minimum atomic E-state index is -0.542. The zero-order valence-electron chi connectivity index (χ0n) is 11.1. The van der Waals surface area contributed by atoms with Crippen LogP contribution in [0.5, 0.6) is 5.75 Å². The molecule has 110 valence electrons. The van der Waals surface area contributed by atoms with Crippen LogP contribution in [0.1, 0.15) is 15.9 Å². The van der Waals surface area contributed by atoms with E-state index in [-0.39, 0.29) is 21.7 Å². The van der Waals surface area contributed by atoms with Crippen LogP contribution in [0.3, 0.4) is 0 Å². The number of fused-ring (bicyclic) bond motifs is 1. The Kier molecular flexibility index (Phi) is 3.40. The summed E-state index contributed by atoms with van der Waals surface area (Å²) in [4.78, 5) is 12.1. The van der Waals surface area contributed by atoms with E-state index in [2.05, 4.69) is 20.3 Å². The number of amides is 1. The molecule has 2 N–H and O–H groups in total. The van der Waals surface area contributed by atoms with E-state index >= 15 is 0 Å². The van der Waals surface area contributed by atoms with E-state index in [0.717, 1.165) is 0 Å². The Morgan fingerprint density at radius 1 is 1.36 bits per heavy atom. The zero-order chi connectivity index (χ0) is 15.5. The van der Waals surface area contributed by atoms with Crippen molar-refractivity contribution in [2.75, 3.05) is 0 Å². The van der Waals surface area contributed by atoms with Gasteiger partial charge in [0.15, 0.2) is 0 Å². The third-order valence-corrected chi connectivity index (χ3v) is 2.94. The Hall–Kier alpha value is -3.42. The molecule has 0 bridgehead atoms. The molecular weight excluding hydrogens is 288 g/mol. The predicted octanol–water partition coefficient (Wildman–Crippen LogP) is 0.931. The van der Waals surface area contributed by atoms with E-state index in [9.17, 15) is 15.1 Å². The molecule has 0 radical (unpaired) electrons. The lowest BCUT2D eigenvalue weighted by Crippen LogP contribution is -2.22. The van der Waals surface area contributed by atoms with Gasteiger partial charge >= 0.3 is 0 Å². The maximum Gasteiger partial charge on any atom is 0.275 e. The van der Waals surface area contributed by atoms with Gasteiger partial charge in [-0.15, -0.1) is 0 Å². The van der Waals surface area contributed by atoms with Crippen LogP contribution in [-0.4, -0.2) is 22.4 Å². The second-order valence-corrected chi connectivity index (χ2v) is 4.39. The van der Waals surface area contributed by atoms with Crippen molar-refractivity contribution in [3.63, 3.8) is 0 Å². The number of rotatable bonds is 3. The molecule has 1 heterocycles. The average Bonchev–Trinajstić information content (AvgIpc) is 2.89. The van der Waals surface area contributed by atoms with Gasteiger partial charge in [0.1, 0.15) is 5.75 Å². The lowest BCUT2D eigenvalue weighted by molar-refractivity contribution is -0.782. The third kappa shape index (κ3) is 2.57. The fraction of sp³-hybridized carbons (Fsp3) is 0. The van der Waals surface area contributed by atoms with Crippen LogP contribution in [-0.2, 0) is 0 Å². The highest BCUT2D eigenvalue weighted by Crippen LogP contribution is 2.15. The minimum Gasteiger partial charge on any atom is -0.507 e. The van der Waals surface area contributed by atoms with E-state index < -0.39 is 5.91 Å². The van der Waals surface area contributed by atoms with Gasteiger partial charge in [0, 0.05) is 11.2 Å². The molecule has 22 heavy (non-hydrogen) atoms. The summed E-state index contributed by atoms with van der Waals surface area (Å²) in [7, 11) is 0. The van der Waals surface area contributed by atoms with Gasteiger partial charge in [0.25, 0.3) is 5.91 Å². The maximum atomic E-state index is 11.8. The lowest BCUT2D eigenvalue weighted by atomic mass is 10.2. The topological polar surface area (TPSA) is 115 Å². The number of hydrazone groups is 1. The van der Waals surface area contributed by atoms with Crippen LogP contribution in [0.25, 0.3) is 11.0 Å². The normalized spacial score (nSPS) is 11.1. The van der Waals surface area contributed by atoms with Crippen LogP contribution >= 0.6 is 0 Å². The van der Waals surface area contributed by atoms with Gasteiger partial charge in [-0.25, -0.2) is 5.43 Å². The summed E-state index contributed by atoms with van der Waals surface area (Å²) in [5, 5.41) is 28.2. The van der Waals surface area contributed by atoms with Crippen molar-refractivity contribution in [3.05, 3.63) is 58.8 Å². The molecule has 0 spiro atoms. The van der Waals surface area contributed by atoms with Gasteiger partial charge in [0.2, 0.25) is 11.0 Å². The van der Waals surface area contributed by atoms with Crippen molar-refractivity contribution in [2.45, 2.75) is 0 Å². The number of hydrogen-bond acceptors (Lipinski definition) is 6. The van der Waals surface area contributed by atoms with E-state index in [0.29, 0.717) is 11.1 Å². The van der Waals surface area contributed by atoms with Gasteiger partial charge in [-0.2, -0.15) is 5.10 Å². The Morgan fingerprint density at radius 2 is 2.18 bits per heavy atom. The molecule has 3 rings (SSSR count). The minimum absolute atomic E-state index is 0.117. The van der Waals surface area contributed by atoms with Gasteiger partial charge < -0.3 is 10.3 Å². The number of para-hydroxylation sites is 1. The van der Waals surface area contributed by atoms with Crippen LogP contribution < -0.4 is 10.3 Å². The van der Waals surface area contributed by atoms with E-state index in [1.807, 2.05) is 0 Å². The first-order chi connectivity index (χ1) is 10.6. The average molecular weight is 298 g/mol. The van der Waals surface area contributed by atoms with Crippen molar-refractivity contribution in [1.82, 2.24) is 10.6 Å². The Bertz CT molecular complexity index is 872. The molecule has 8 heteroatoms. The molecule has 1 amide bonds. The van der Waals surface area contributed by atoms with E-state index in [1.54, 1.807) is 24.3 Å². The SMILES string of the molecule is O=C(N/N=C/c1ccc2no[n+]([O-])c2c1)c1ccccc1O. The third-order valence-electron chi connectivity index (χ3n) is 2.94. The second-order valence-electron chi connectivity index (χ2n) is 4.39. The van der Waals surface area contributed by atoms with Crippen molar-refractivity contribution in [1.29, 1.82) is 0 Å². The predicted molar refractivity (Wildman–Crippen MR) is 76.1 cm³/mol. The van der Waals surface area contributed by atoms with Crippen molar-refractivity contribution in [3.8, 4) is 5.75 Å². The molecule has 0 aliphatic rings. The first-order valence-corrected chi connectivity index (χ1v) is 6.26. The number of carbonyl (C=O) groups excluding carboxylic acids is 1. The summed E-state index contributed by atoms with van der Waals surface area (Å²) in [6.45, 7) is 0. The molecular formula is C14H10N4O4. The number of nitrogens with one attached hydrogen (secondary N) is 1. The quantitative estimate of drug-likeness (QED) is 0.424. The molecule has 2 aromatic carbocycles. The number of aromatic hydroxyl groups is 1. The monoisotopic (exact) mass is 298 g/mol. The van der Waals surface area contributed by atoms with Crippen LogP contribution in [0.4, 0.5) is 0 Å². The second kappa shape index (κ2) is 5.52. The molecule has 0 unspecified atom stereocenters. The number of carbonyl (C=O) groups is 1. The van der Waals surface area contributed by atoms with E-state index in [1.165, 1.54) is 24.4 Å². The maximum absolute atomic E-state index is 11.8. The van der Waals surface area contributed by atoms with Gasteiger partial charge in [-0.05, 0) is 34.7 Å². The van der Waals surface area contributed by atoms with Crippen LogP contribution in [0, 0.1) is 5.21 Å². The number of phenols is 1. The molecule has 8 nitrogen and oxygen atoms in total. The Balaban J connectivity index is 1.74. The fourth-order valence-electron chi connectivity index (χ4n) is 1.86. The molecule has 0 saturated carbocycles. The number of phenolic OH excluding ortho intramolecular Hbond substituents is 1. The fourth-order valence-corrected chi connectivity index (χ4v) is 1.86. The molecule has 0 atom stereocenters. The lowest BCUT2D eigenvalue weighted by Gasteiger charge is -2.01. The molecule has 0 saturated heterocycles. The Labute approximate surface area is 123 Å². The van der Waals surface area contributed by atoms with Crippen molar-refractivity contribution >= 4 is 23.2 Å². The zero-order valence-corrected chi connectivity index (χ0v) is 11.1.